The van der Waals surface area contributed by atoms with E-state index in [4.69, 9.17) is 4.74 Å². The molecular formula is C60H77NO7. The summed E-state index contributed by atoms with van der Waals surface area (Å²) in [5.74, 6) is 0.665. The largest absolute Gasteiger partial charge is 0.489 e. The summed E-state index contributed by atoms with van der Waals surface area (Å²) in [5, 5.41) is 63.6. The minimum absolute atomic E-state index is 0.0717. The highest BCUT2D eigenvalue weighted by atomic mass is 16.5. The first-order chi connectivity index (χ1) is 32.8. The SMILES string of the molecule is CCCc1cc(C(O)(CC)CC)ccc1-c1cc(COc2ccc(CO)c(CO)c2)ccc1C.CCCc1cc(C(O)(CC)CC)ccc1-c1cc(NCc2ccc(CO)c(CO)c2)ccc1C. The maximum absolute atomic E-state index is 11.1. The number of ether oxygens (including phenoxy) is 1. The van der Waals surface area contributed by atoms with Crippen LogP contribution in [-0.2, 0) is 63.6 Å². The number of aliphatic hydroxyl groups excluding tert-OH is 4. The Bertz CT molecular complexity index is 2380. The minimum atomic E-state index is -0.787. The molecule has 0 atom stereocenters. The summed E-state index contributed by atoms with van der Waals surface area (Å²) in [4.78, 5) is 0. The highest BCUT2D eigenvalue weighted by molar-refractivity contribution is 5.75. The highest BCUT2D eigenvalue weighted by Gasteiger charge is 2.27. The van der Waals surface area contributed by atoms with Crippen LogP contribution in [0.1, 0.15) is 147 Å². The molecule has 0 saturated heterocycles. The first kappa shape index (κ1) is 53.6. The molecule has 6 aromatic rings. The van der Waals surface area contributed by atoms with E-state index in [-0.39, 0.29) is 26.4 Å². The Morgan fingerprint density at radius 2 is 0.912 bits per heavy atom. The smallest absolute Gasteiger partial charge is 0.120 e. The lowest BCUT2D eigenvalue weighted by Gasteiger charge is -2.27. The van der Waals surface area contributed by atoms with Crippen molar-refractivity contribution in [2.24, 2.45) is 0 Å². The minimum Gasteiger partial charge on any atom is -0.489 e. The standard InChI is InChI=1S/C30H39NO3.C30H38O4/c1-5-8-23-16-26(30(34,6-2)7-3)12-14-28(23)29-17-27(13-9-21(29)4)31-18-22-10-11-24(19-32)25(15-22)20-33;1-5-8-23-16-26(30(33,6-2)7-3)12-14-28(23)29-15-22(10-9-21(29)4)20-34-27-13-11-24(18-31)25(17-27)19-32/h9-17,31-34H,5-8,18-20H2,1-4H3;9-17,31-33H,5-8,18-20H2,1-4H3. The van der Waals surface area contributed by atoms with Crippen LogP contribution in [0.4, 0.5) is 5.69 Å². The van der Waals surface area contributed by atoms with Gasteiger partial charge in [0, 0.05) is 12.2 Å². The molecule has 0 unspecified atom stereocenters. The molecule has 68 heavy (non-hydrogen) atoms. The van der Waals surface area contributed by atoms with Crippen LogP contribution < -0.4 is 10.1 Å². The van der Waals surface area contributed by atoms with Gasteiger partial charge in [0.1, 0.15) is 12.4 Å². The molecule has 0 saturated carbocycles. The van der Waals surface area contributed by atoms with Gasteiger partial charge in [-0.3, -0.25) is 0 Å². The van der Waals surface area contributed by atoms with Crippen LogP contribution in [0.15, 0.2) is 109 Å². The summed E-state index contributed by atoms with van der Waals surface area (Å²) in [6, 6.07) is 36.9. The van der Waals surface area contributed by atoms with E-state index in [0.717, 1.165) is 64.8 Å². The van der Waals surface area contributed by atoms with Crippen LogP contribution in [0.3, 0.4) is 0 Å². The molecule has 0 aromatic heterocycles. The summed E-state index contributed by atoms with van der Waals surface area (Å²) in [5.41, 5.74) is 16.2. The van der Waals surface area contributed by atoms with E-state index < -0.39 is 11.2 Å². The zero-order chi connectivity index (χ0) is 49.4. The molecule has 6 aromatic carbocycles. The number of nitrogens with one attached hydrogen (secondary N) is 1. The van der Waals surface area contributed by atoms with E-state index in [0.29, 0.717) is 55.7 Å². The summed E-state index contributed by atoms with van der Waals surface area (Å²) < 4.78 is 6.01. The molecule has 0 aliphatic heterocycles. The maximum atomic E-state index is 11.1. The average molecular weight is 924 g/mol. The Morgan fingerprint density at radius 3 is 1.41 bits per heavy atom. The average Bonchev–Trinajstić information content (AvgIpc) is 3.37. The molecule has 0 amide bonds. The molecule has 7 N–H and O–H groups in total. The van der Waals surface area contributed by atoms with Crippen molar-refractivity contribution in [3.8, 4) is 28.0 Å². The summed E-state index contributed by atoms with van der Waals surface area (Å²) in [6.45, 7) is 17.4. The molecule has 0 bridgehead atoms. The van der Waals surface area contributed by atoms with Crippen LogP contribution in [0, 0.1) is 13.8 Å². The number of aryl methyl sites for hydroxylation is 4. The topological polar surface area (TPSA) is 143 Å². The van der Waals surface area contributed by atoms with E-state index in [1.54, 1.807) is 12.1 Å². The van der Waals surface area contributed by atoms with Gasteiger partial charge in [-0.2, -0.15) is 0 Å². The van der Waals surface area contributed by atoms with E-state index in [1.807, 2.05) is 52.0 Å². The van der Waals surface area contributed by atoms with Crippen LogP contribution in [0.25, 0.3) is 22.3 Å². The molecule has 0 fully saturated rings. The Balaban J connectivity index is 0.000000254. The molecular weight excluding hydrogens is 847 g/mol. The zero-order valence-electron chi connectivity index (χ0n) is 41.9. The quantitative estimate of drug-likeness (QED) is 0.0357. The van der Waals surface area contributed by atoms with Crippen molar-refractivity contribution < 1.29 is 35.4 Å². The van der Waals surface area contributed by atoms with Crippen LogP contribution in [-0.4, -0.2) is 30.6 Å². The molecule has 6 rings (SSSR count). The van der Waals surface area contributed by atoms with Crippen molar-refractivity contribution in [3.63, 3.8) is 0 Å². The maximum Gasteiger partial charge on any atom is 0.120 e. The fourth-order valence-corrected chi connectivity index (χ4v) is 9.09. The van der Waals surface area contributed by atoms with E-state index >= 15 is 0 Å². The van der Waals surface area contributed by atoms with Gasteiger partial charge in [-0.05, 0) is 172 Å². The van der Waals surface area contributed by atoms with Crippen LogP contribution >= 0.6 is 0 Å². The Labute approximate surface area is 406 Å². The van der Waals surface area contributed by atoms with Crippen molar-refractivity contribution in [2.75, 3.05) is 5.32 Å². The normalized spacial score (nSPS) is 11.6. The van der Waals surface area contributed by atoms with Crippen molar-refractivity contribution in [1.82, 2.24) is 0 Å². The van der Waals surface area contributed by atoms with E-state index in [1.165, 1.54) is 44.5 Å². The number of hydrogen-bond acceptors (Lipinski definition) is 8. The summed E-state index contributed by atoms with van der Waals surface area (Å²) in [7, 11) is 0. The molecule has 0 spiro atoms. The molecule has 0 aliphatic carbocycles. The lowest BCUT2D eigenvalue weighted by molar-refractivity contribution is 0.0280. The van der Waals surface area contributed by atoms with Crippen LogP contribution in [0.2, 0.25) is 0 Å². The molecule has 0 radical (unpaired) electrons. The van der Waals surface area contributed by atoms with Gasteiger partial charge in [0.05, 0.1) is 37.6 Å². The van der Waals surface area contributed by atoms with Gasteiger partial charge in [-0.1, -0.05) is 133 Å². The number of hydrogen-bond donors (Lipinski definition) is 7. The van der Waals surface area contributed by atoms with Gasteiger partial charge in [-0.15, -0.1) is 0 Å². The first-order valence-corrected chi connectivity index (χ1v) is 24.7. The van der Waals surface area contributed by atoms with Gasteiger partial charge in [0.15, 0.2) is 0 Å². The Morgan fingerprint density at radius 1 is 0.441 bits per heavy atom. The second kappa shape index (κ2) is 25.3. The van der Waals surface area contributed by atoms with Gasteiger partial charge >= 0.3 is 0 Å². The second-order valence-electron chi connectivity index (χ2n) is 18.2. The van der Waals surface area contributed by atoms with Gasteiger partial charge in [0.25, 0.3) is 0 Å². The number of rotatable bonds is 22. The van der Waals surface area contributed by atoms with Crippen molar-refractivity contribution in [1.29, 1.82) is 0 Å². The number of aliphatic hydroxyl groups is 6. The lowest BCUT2D eigenvalue weighted by atomic mass is 9.84. The highest BCUT2D eigenvalue weighted by Crippen LogP contribution is 2.37. The first-order valence-electron chi connectivity index (χ1n) is 24.7. The Hall–Kier alpha value is -5.32. The zero-order valence-corrected chi connectivity index (χ0v) is 41.9. The van der Waals surface area contributed by atoms with E-state index in [2.05, 4.69) is 106 Å². The molecule has 364 valence electrons. The summed E-state index contributed by atoms with van der Waals surface area (Å²) >= 11 is 0. The number of benzene rings is 6. The third-order valence-corrected chi connectivity index (χ3v) is 13.8. The van der Waals surface area contributed by atoms with Crippen molar-refractivity contribution in [3.05, 3.63) is 176 Å². The van der Waals surface area contributed by atoms with Gasteiger partial charge < -0.3 is 40.7 Å². The monoisotopic (exact) mass is 924 g/mol. The third-order valence-electron chi connectivity index (χ3n) is 13.8. The molecule has 8 heteroatoms. The van der Waals surface area contributed by atoms with Crippen LogP contribution in [0.5, 0.6) is 5.75 Å². The van der Waals surface area contributed by atoms with Crippen molar-refractivity contribution >= 4 is 5.69 Å². The van der Waals surface area contributed by atoms with E-state index in [9.17, 15) is 30.6 Å². The number of anilines is 1. The second-order valence-corrected chi connectivity index (χ2v) is 18.2. The Kier molecular flexibility index (Phi) is 20.0. The van der Waals surface area contributed by atoms with Gasteiger partial charge in [0.2, 0.25) is 0 Å². The fraction of sp³-hybridized carbons (Fsp3) is 0.400. The third kappa shape index (κ3) is 13.1. The summed E-state index contributed by atoms with van der Waals surface area (Å²) in [6.07, 6.45) is 6.77. The molecule has 0 heterocycles. The van der Waals surface area contributed by atoms with Crippen molar-refractivity contribution in [2.45, 2.75) is 158 Å². The molecule has 8 nitrogen and oxygen atoms in total. The molecule has 0 aliphatic rings. The predicted molar refractivity (Wildman–Crippen MR) is 278 cm³/mol. The lowest BCUT2D eigenvalue weighted by Crippen LogP contribution is -2.23. The fourth-order valence-electron chi connectivity index (χ4n) is 9.09. The van der Waals surface area contributed by atoms with Gasteiger partial charge in [-0.25, -0.2) is 0 Å². The predicted octanol–water partition coefficient (Wildman–Crippen LogP) is 12.4.